The summed E-state index contributed by atoms with van der Waals surface area (Å²) in [6, 6.07) is 7.85. The second-order valence-electron chi connectivity index (χ2n) is 6.43. The normalized spacial score (nSPS) is 17.0. The molecule has 27 heavy (non-hydrogen) atoms. The quantitative estimate of drug-likeness (QED) is 0.550. The van der Waals surface area contributed by atoms with Crippen molar-refractivity contribution in [3.05, 3.63) is 29.8 Å². The SMILES string of the molecule is CCOC(=O)[C@H]1CCCN(C(=O)CSc2nnnn2-c2ccc(C)cc2)C1. The minimum absolute atomic E-state index is 0.0209. The number of tetrazole rings is 1. The summed E-state index contributed by atoms with van der Waals surface area (Å²) in [5, 5.41) is 12.3. The van der Waals surface area contributed by atoms with Crippen molar-refractivity contribution in [1.29, 1.82) is 0 Å². The predicted molar refractivity (Wildman–Crippen MR) is 101 cm³/mol. The average Bonchev–Trinajstić information content (AvgIpc) is 3.15. The highest BCUT2D eigenvalue weighted by atomic mass is 32.2. The molecule has 8 nitrogen and oxygen atoms in total. The molecule has 1 amide bonds. The smallest absolute Gasteiger partial charge is 0.310 e. The van der Waals surface area contributed by atoms with Gasteiger partial charge in [0.15, 0.2) is 0 Å². The molecular weight excluding hydrogens is 366 g/mol. The van der Waals surface area contributed by atoms with Gasteiger partial charge in [0.25, 0.3) is 0 Å². The Balaban J connectivity index is 1.59. The van der Waals surface area contributed by atoms with E-state index in [2.05, 4.69) is 15.5 Å². The van der Waals surface area contributed by atoms with Crippen molar-refractivity contribution in [2.45, 2.75) is 31.8 Å². The predicted octanol–water partition coefficient (Wildman–Crippen LogP) is 1.86. The van der Waals surface area contributed by atoms with Gasteiger partial charge in [-0.3, -0.25) is 9.59 Å². The molecule has 9 heteroatoms. The van der Waals surface area contributed by atoms with Gasteiger partial charge in [0.1, 0.15) is 0 Å². The lowest BCUT2D eigenvalue weighted by Gasteiger charge is -2.31. The summed E-state index contributed by atoms with van der Waals surface area (Å²) in [7, 11) is 0. The largest absolute Gasteiger partial charge is 0.466 e. The van der Waals surface area contributed by atoms with Gasteiger partial charge in [-0.25, -0.2) is 0 Å². The van der Waals surface area contributed by atoms with E-state index in [4.69, 9.17) is 4.74 Å². The number of thioether (sulfide) groups is 1. The van der Waals surface area contributed by atoms with Crippen molar-refractivity contribution in [2.24, 2.45) is 5.92 Å². The van der Waals surface area contributed by atoms with Crippen LogP contribution in [0, 0.1) is 12.8 Å². The van der Waals surface area contributed by atoms with Crippen molar-refractivity contribution >= 4 is 23.6 Å². The molecule has 1 aromatic heterocycles. The maximum atomic E-state index is 12.6. The Morgan fingerprint density at radius 2 is 2.07 bits per heavy atom. The van der Waals surface area contributed by atoms with Gasteiger partial charge >= 0.3 is 5.97 Å². The van der Waals surface area contributed by atoms with Gasteiger partial charge < -0.3 is 9.64 Å². The van der Waals surface area contributed by atoms with Crippen LogP contribution in [-0.4, -0.2) is 62.4 Å². The summed E-state index contributed by atoms with van der Waals surface area (Å²) in [5.74, 6) is -0.245. The Kier molecular flexibility index (Phi) is 6.44. The Labute approximate surface area is 162 Å². The Bertz CT molecular complexity index is 793. The van der Waals surface area contributed by atoms with Gasteiger partial charge in [-0.1, -0.05) is 29.5 Å². The molecule has 0 saturated carbocycles. The van der Waals surface area contributed by atoms with Gasteiger partial charge in [0.2, 0.25) is 11.1 Å². The first kappa shape index (κ1) is 19.3. The number of amides is 1. The van der Waals surface area contributed by atoms with E-state index in [0.29, 0.717) is 24.9 Å². The maximum absolute atomic E-state index is 12.6. The van der Waals surface area contributed by atoms with Crippen molar-refractivity contribution < 1.29 is 14.3 Å². The molecule has 0 bridgehead atoms. The maximum Gasteiger partial charge on any atom is 0.310 e. The summed E-state index contributed by atoms with van der Waals surface area (Å²) < 4.78 is 6.71. The van der Waals surface area contributed by atoms with Gasteiger partial charge in [-0.2, -0.15) is 4.68 Å². The molecule has 0 radical (unpaired) electrons. The number of nitrogens with zero attached hydrogens (tertiary/aromatic N) is 5. The molecule has 2 aromatic rings. The molecule has 0 spiro atoms. The average molecular weight is 389 g/mol. The van der Waals surface area contributed by atoms with Crippen molar-refractivity contribution in [3.8, 4) is 5.69 Å². The fourth-order valence-corrected chi connectivity index (χ4v) is 3.78. The molecule has 2 heterocycles. The van der Waals surface area contributed by atoms with Crippen LogP contribution in [0.4, 0.5) is 0 Å². The molecule has 0 N–H and O–H groups in total. The van der Waals surface area contributed by atoms with Crippen LogP contribution in [0.5, 0.6) is 0 Å². The number of hydrogen-bond donors (Lipinski definition) is 0. The number of piperidine rings is 1. The molecule has 1 saturated heterocycles. The van der Waals surface area contributed by atoms with Crippen LogP contribution in [0.15, 0.2) is 29.4 Å². The zero-order chi connectivity index (χ0) is 19.2. The van der Waals surface area contributed by atoms with E-state index in [1.807, 2.05) is 31.2 Å². The summed E-state index contributed by atoms with van der Waals surface area (Å²) >= 11 is 1.29. The van der Waals surface area contributed by atoms with E-state index in [1.165, 1.54) is 11.8 Å². The van der Waals surface area contributed by atoms with E-state index >= 15 is 0 Å². The highest BCUT2D eigenvalue weighted by Crippen LogP contribution is 2.22. The van der Waals surface area contributed by atoms with Gasteiger partial charge in [0.05, 0.1) is 24.0 Å². The third-order valence-electron chi connectivity index (χ3n) is 4.44. The fourth-order valence-electron chi connectivity index (χ4n) is 2.99. The Hall–Kier alpha value is -2.42. The van der Waals surface area contributed by atoms with Crippen LogP contribution in [0.25, 0.3) is 5.69 Å². The topological polar surface area (TPSA) is 90.2 Å². The summed E-state index contributed by atoms with van der Waals surface area (Å²) in [4.78, 5) is 26.3. The van der Waals surface area contributed by atoms with E-state index in [-0.39, 0.29) is 23.5 Å². The lowest BCUT2D eigenvalue weighted by atomic mass is 9.98. The number of hydrogen-bond acceptors (Lipinski definition) is 7. The summed E-state index contributed by atoms with van der Waals surface area (Å²) in [6.07, 6.45) is 1.57. The van der Waals surface area contributed by atoms with Crippen LogP contribution in [0.2, 0.25) is 0 Å². The first-order chi connectivity index (χ1) is 13.1. The summed E-state index contributed by atoms with van der Waals surface area (Å²) in [6.45, 7) is 5.25. The number of carbonyl (C=O) groups is 2. The zero-order valence-electron chi connectivity index (χ0n) is 15.5. The number of benzene rings is 1. The number of ether oxygens (including phenoxy) is 1. The van der Waals surface area contributed by atoms with Crippen LogP contribution in [-0.2, 0) is 14.3 Å². The lowest BCUT2D eigenvalue weighted by Crippen LogP contribution is -2.43. The zero-order valence-corrected chi connectivity index (χ0v) is 16.3. The van der Waals surface area contributed by atoms with Crippen molar-refractivity contribution in [3.63, 3.8) is 0 Å². The first-order valence-electron chi connectivity index (χ1n) is 9.01. The first-order valence-corrected chi connectivity index (χ1v) is 9.99. The van der Waals surface area contributed by atoms with Crippen molar-refractivity contribution in [2.75, 3.05) is 25.4 Å². The number of aromatic nitrogens is 4. The number of likely N-dealkylation sites (tertiary alicyclic amines) is 1. The van der Waals surface area contributed by atoms with E-state index < -0.39 is 0 Å². The minimum atomic E-state index is -0.231. The lowest BCUT2D eigenvalue weighted by molar-refractivity contribution is -0.151. The molecule has 1 fully saturated rings. The standard InChI is InChI=1S/C18H23N5O3S/c1-3-26-17(25)14-5-4-10-22(11-14)16(24)12-27-18-19-20-21-23(18)15-8-6-13(2)7-9-15/h6-9,14H,3-5,10-12H2,1-2H3/t14-/m0/s1. The van der Waals surface area contributed by atoms with Crippen LogP contribution in [0.1, 0.15) is 25.3 Å². The Morgan fingerprint density at radius 3 is 2.81 bits per heavy atom. The van der Waals surface area contributed by atoms with E-state index in [1.54, 1.807) is 16.5 Å². The monoisotopic (exact) mass is 389 g/mol. The number of carbonyl (C=O) groups excluding carboxylic acids is 2. The van der Waals surface area contributed by atoms with E-state index in [0.717, 1.165) is 24.1 Å². The van der Waals surface area contributed by atoms with Crippen LogP contribution >= 0.6 is 11.8 Å². The molecule has 1 aliphatic heterocycles. The fraction of sp³-hybridized carbons (Fsp3) is 0.500. The molecule has 3 rings (SSSR count). The molecule has 1 aliphatic rings. The second kappa shape index (κ2) is 8.98. The molecule has 1 atom stereocenters. The highest BCUT2D eigenvalue weighted by molar-refractivity contribution is 7.99. The number of rotatable bonds is 6. The van der Waals surface area contributed by atoms with Gasteiger partial charge in [0, 0.05) is 13.1 Å². The van der Waals surface area contributed by atoms with Crippen molar-refractivity contribution in [1.82, 2.24) is 25.1 Å². The molecular formula is C18H23N5O3S. The third kappa shape index (κ3) is 4.85. The van der Waals surface area contributed by atoms with Gasteiger partial charge in [-0.05, 0) is 49.2 Å². The molecule has 144 valence electrons. The highest BCUT2D eigenvalue weighted by Gasteiger charge is 2.29. The molecule has 0 unspecified atom stereocenters. The van der Waals surface area contributed by atoms with Crippen LogP contribution < -0.4 is 0 Å². The second-order valence-corrected chi connectivity index (χ2v) is 7.37. The number of esters is 1. The third-order valence-corrected chi connectivity index (χ3v) is 5.34. The molecule has 1 aromatic carbocycles. The minimum Gasteiger partial charge on any atom is -0.466 e. The molecule has 0 aliphatic carbocycles. The summed E-state index contributed by atoms with van der Waals surface area (Å²) in [5.41, 5.74) is 2.00. The Morgan fingerprint density at radius 1 is 1.30 bits per heavy atom. The number of aryl methyl sites for hydroxylation is 1. The van der Waals surface area contributed by atoms with E-state index in [9.17, 15) is 9.59 Å². The van der Waals surface area contributed by atoms with Crippen LogP contribution in [0.3, 0.4) is 0 Å². The van der Waals surface area contributed by atoms with Gasteiger partial charge in [-0.15, -0.1) is 5.10 Å².